The molecule has 0 fully saturated rings. The molecule has 0 bridgehead atoms. The van der Waals surface area contributed by atoms with Gasteiger partial charge in [-0.25, -0.2) is 0 Å². The molecule has 0 aliphatic rings. The SMILES string of the molecule is Cc1oncc1C(=O)N(CCCO)C(C)C. The molecule has 1 amide bonds. The van der Waals surface area contributed by atoms with Crippen LogP contribution in [0, 0.1) is 6.92 Å². The van der Waals surface area contributed by atoms with Crippen molar-refractivity contribution < 1.29 is 14.4 Å². The minimum absolute atomic E-state index is 0.0825. The molecule has 0 spiro atoms. The van der Waals surface area contributed by atoms with Crippen LogP contribution >= 0.6 is 0 Å². The number of hydrogen-bond donors (Lipinski definition) is 1. The molecule has 1 aromatic heterocycles. The fourth-order valence-corrected chi connectivity index (χ4v) is 1.49. The quantitative estimate of drug-likeness (QED) is 0.819. The summed E-state index contributed by atoms with van der Waals surface area (Å²) < 4.78 is 4.87. The summed E-state index contributed by atoms with van der Waals surface area (Å²) in [4.78, 5) is 13.8. The van der Waals surface area contributed by atoms with Crippen molar-refractivity contribution in [2.45, 2.75) is 33.2 Å². The molecule has 0 atom stereocenters. The van der Waals surface area contributed by atoms with Gasteiger partial charge in [0.15, 0.2) is 0 Å². The smallest absolute Gasteiger partial charge is 0.259 e. The summed E-state index contributed by atoms with van der Waals surface area (Å²) in [6.45, 7) is 6.22. The highest BCUT2D eigenvalue weighted by atomic mass is 16.5. The molecule has 0 saturated heterocycles. The zero-order valence-electron chi connectivity index (χ0n) is 9.93. The van der Waals surface area contributed by atoms with Crippen LogP contribution in [0.1, 0.15) is 36.4 Å². The van der Waals surface area contributed by atoms with Gasteiger partial charge < -0.3 is 14.5 Å². The minimum atomic E-state index is -0.0952. The molecule has 5 heteroatoms. The van der Waals surface area contributed by atoms with Crippen LogP contribution in [-0.2, 0) is 0 Å². The Labute approximate surface area is 95.0 Å². The fourth-order valence-electron chi connectivity index (χ4n) is 1.49. The van der Waals surface area contributed by atoms with Crippen molar-refractivity contribution in [3.63, 3.8) is 0 Å². The number of aliphatic hydroxyl groups is 1. The van der Waals surface area contributed by atoms with Gasteiger partial charge in [0.2, 0.25) is 0 Å². The highest BCUT2D eigenvalue weighted by Crippen LogP contribution is 2.12. The number of hydrogen-bond acceptors (Lipinski definition) is 4. The Morgan fingerprint density at radius 3 is 2.75 bits per heavy atom. The number of aryl methyl sites for hydroxylation is 1. The molecule has 16 heavy (non-hydrogen) atoms. The lowest BCUT2D eigenvalue weighted by Gasteiger charge is -2.26. The topological polar surface area (TPSA) is 66.6 Å². The molecule has 0 radical (unpaired) electrons. The molecule has 0 unspecified atom stereocenters. The van der Waals surface area contributed by atoms with E-state index in [1.807, 2.05) is 13.8 Å². The largest absolute Gasteiger partial charge is 0.396 e. The summed E-state index contributed by atoms with van der Waals surface area (Å²) in [7, 11) is 0. The lowest BCUT2D eigenvalue weighted by molar-refractivity contribution is 0.0691. The lowest BCUT2D eigenvalue weighted by atomic mass is 10.2. The molecule has 90 valence electrons. The van der Waals surface area contributed by atoms with Crippen molar-refractivity contribution in [1.29, 1.82) is 0 Å². The van der Waals surface area contributed by atoms with Crippen LogP contribution in [0.15, 0.2) is 10.7 Å². The Morgan fingerprint density at radius 1 is 1.62 bits per heavy atom. The van der Waals surface area contributed by atoms with E-state index in [9.17, 15) is 4.79 Å². The zero-order chi connectivity index (χ0) is 12.1. The molecule has 5 nitrogen and oxygen atoms in total. The van der Waals surface area contributed by atoms with E-state index in [-0.39, 0.29) is 18.6 Å². The van der Waals surface area contributed by atoms with E-state index < -0.39 is 0 Å². The molecule has 0 saturated carbocycles. The fraction of sp³-hybridized carbons (Fsp3) is 0.636. The van der Waals surface area contributed by atoms with Gasteiger partial charge in [-0.2, -0.15) is 0 Å². The predicted molar refractivity (Wildman–Crippen MR) is 59.1 cm³/mol. The van der Waals surface area contributed by atoms with Gasteiger partial charge in [-0.1, -0.05) is 5.16 Å². The Bertz CT molecular complexity index is 347. The number of amides is 1. The maximum Gasteiger partial charge on any atom is 0.259 e. The van der Waals surface area contributed by atoms with Crippen molar-refractivity contribution in [2.75, 3.05) is 13.2 Å². The van der Waals surface area contributed by atoms with Crippen LogP contribution in [0.4, 0.5) is 0 Å². The van der Waals surface area contributed by atoms with Gasteiger partial charge in [-0.3, -0.25) is 4.79 Å². The summed E-state index contributed by atoms with van der Waals surface area (Å²) in [5.74, 6) is 0.432. The summed E-state index contributed by atoms with van der Waals surface area (Å²) in [6, 6.07) is 0.0911. The first-order valence-electron chi connectivity index (χ1n) is 5.41. The average molecular weight is 226 g/mol. The van der Waals surface area contributed by atoms with Crippen LogP contribution in [0.25, 0.3) is 0 Å². The predicted octanol–water partition coefficient (Wildman–Crippen LogP) is 1.22. The zero-order valence-corrected chi connectivity index (χ0v) is 9.93. The van der Waals surface area contributed by atoms with Crippen molar-refractivity contribution in [3.8, 4) is 0 Å². The second-order valence-corrected chi connectivity index (χ2v) is 3.97. The molecule has 0 aliphatic heterocycles. The van der Waals surface area contributed by atoms with Crippen molar-refractivity contribution in [1.82, 2.24) is 10.1 Å². The standard InChI is InChI=1S/C11H18N2O3/c1-8(2)13(5-4-6-14)11(15)10-7-12-16-9(10)3/h7-8,14H,4-6H2,1-3H3. The van der Waals surface area contributed by atoms with E-state index in [4.69, 9.17) is 9.63 Å². The highest BCUT2D eigenvalue weighted by molar-refractivity contribution is 5.94. The van der Waals surface area contributed by atoms with Crippen LogP contribution in [0.2, 0.25) is 0 Å². The third kappa shape index (κ3) is 2.82. The Hall–Kier alpha value is -1.36. The van der Waals surface area contributed by atoms with Crippen LogP contribution in [-0.4, -0.2) is 40.3 Å². The average Bonchev–Trinajstić information content (AvgIpc) is 2.64. The molecule has 0 aromatic carbocycles. The van der Waals surface area contributed by atoms with Gasteiger partial charge in [0.05, 0.1) is 6.20 Å². The molecular formula is C11H18N2O3. The minimum Gasteiger partial charge on any atom is -0.396 e. The number of rotatable bonds is 5. The van der Waals surface area contributed by atoms with Crippen molar-refractivity contribution >= 4 is 5.91 Å². The van der Waals surface area contributed by atoms with Crippen molar-refractivity contribution in [3.05, 3.63) is 17.5 Å². The van der Waals surface area contributed by atoms with E-state index in [2.05, 4.69) is 5.16 Å². The van der Waals surface area contributed by atoms with E-state index in [0.717, 1.165) is 0 Å². The maximum absolute atomic E-state index is 12.1. The first-order chi connectivity index (χ1) is 7.57. The normalized spacial score (nSPS) is 10.8. The highest BCUT2D eigenvalue weighted by Gasteiger charge is 2.21. The second kappa shape index (κ2) is 5.65. The van der Waals surface area contributed by atoms with Gasteiger partial charge in [0.25, 0.3) is 5.91 Å². The van der Waals surface area contributed by atoms with Crippen LogP contribution in [0.3, 0.4) is 0 Å². The van der Waals surface area contributed by atoms with Gasteiger partial charge in [0.1, 0.15) is 11.3 Å². The summed E-state index contributed by atoms with van der Waals surface area (Å²) in [5, 5.41) is 12.4. The number of nitrogens with zero attached hydrogens (tertiary/aromatic N) is 2. The maximum atomic E-state index is 12.1. The first-order valence-corrected chi connectivity index (χ1v) is 5.41. The number of aliphatic hydroxyl groups excluding tert-OH is 1. The third-order valence-corrected chi connectivity index (χ3v) is 2.42. The van der Waals surface area contributed by atoms with E-state index >= 15 is 0 Å². The summed E-state index contributed by atoms with van der Waals surface area (Å²) in [6.07, 6.45) is 2.01. The Morgan fingerprint density at radius 2 is 2.31 bits per heavy atom. The van der Waals surface area contributed by atoms with Crippen LogP contribution in [0.5, 0.6) is 0 Å². The van der Waals surface area contributed by atoms with Crippen molar-refractivity contribution in [2.24, 2.45) is 0 Å². The van der Waals surface area contributed by atoms with E-state index in [1.165, 1.54) is 6.20 Å². The van der Waals surface area contributed by atoms with Gasteiger partial charge in [0, 0.05) is 19.2 Å². The van der Waals surface area contributed by atoms with Gasteiger partial charge >= 0.3 is 0 Å². The van der Waals surface area contributed by atoms with Gasteiger partial charge in [-0.05, 0) is 27.2 Å². The first kappa shape index (κ1) is 12.7. The van der Waals surface area contributed by atoms with Crippen LogP contribution < -0.4 is 0 Å². The Balaban J connectivity index is 2.79. The summed E-state index contributed by atoms with van der Waals surface area (Å²) in [5.41, 5.74) is 0.492. The molecule has 1 aromatic rings. The second-order valence-electron chi connectivity index (χ2n) is 3.97. The molecule has 1 rings (SSSR count). The molecule has 0 aliphatic carbocycles. The molecule has 1 heterocycles. The monoisotopic (exact) mass is 226 g/mol. The lowest BCUT2D eigenvalue weighted by Crippen LogP contribution is -2.38. The Kier molecular flexibility index (Phi) is 4.49. The van der Waals surface area contributed by atoms with Gasteiger partial charge in [-0.15, -0.1) is 0 Å². The van der Waals surface area contributed by atoms with E-state index in [1.54, 1.807) is 11.8 Å². The molecule has 1 N–H and O–H groups in total. The van der Waals surface area contributed by atoms with E-state index in [0.29, 0.717) is 24.3 Å². The third-order valence-electron chi connectivity index (χ3n) is 2.42. The summed E-state index contributed by atoms with van der Waals surface area (Å²) >= 11 is 0. The number of aromatic nitrogens is 1. The molecular weight excluding hydrogens is 208 g/mol. The number of carbonyl (C=O) groups excluding carboxylic acids is 1. The number of carbonyl (C=O) groups is 1.